The second-order valence-corrected chi connectivity index (χ2v) is 8.63. The number of benzene rings is 1. The number of carbonyl (C=O) groups excluding carboxylic acids is 1. The van der Waals surface area contributed by atoms with E-state index in [4.69, 9.17) is 0 Å². The van der Waals surface area contributed by atoms with E-state index in [1.165, 1.54) is 16.2 Å². The number of aromatic nitrogens is 4. The van der Waals surface area contributed by atoms with Crippen molar-refractivity contribution in [1.82, 2.24) is 20.0 Å². The third-order valence-electron chi connectivity index (χ3n) is 5.39. The summed E-state index contributed by atoms with van der Waals surface area (Å²) in [6.07, 6.45) is 2.81. The molecule has 3 aromatic heterocycles. The van der Waals surface area contributed by atoms with E-state index in [-0.39, 0.29) is 23.7 Å². The Morgan fingerprint density at radius 1 is 1.40 bits per heavy atom. The molecular formula is C20H18N6O3S. The summed E-state index contributed by atoms with van der Waals surface area (Å²) < 4.78 is 1.03. The van der Waals surface area contributed by atoms with Gasteiger partial charge in [-0.2, -0.15) is 0 Å². The van der Waals surface area contributed by atoms with Gasteiger partial charge in [0.05, 0.1) is 10.9 Å². The molecule has 1 atom stereocenters. The van der Waals surface area contributed by atoms with Crippen LogP contribution in [0.25, 0.3) is 21.1 Å². The number of H-pyrrole nitrogens is 1. The highest BCUT2D eigenvalue weighted by Crippen LogP contribution is 2.36. The summed E-state index contributed by atoms with van der Waals surface area (Å²) >= 11 is 1.51. The molecule has 0 saturated heterocycles. The Morgan fingerprint density at radius 2 is 2.23 bits per heavy atom. The van der Waals surface area contributed by atoms with Gasteiger partial charge >= 0.3 is 0 Å². The van der Waals surface area contributed by atoms with E-state index in [0.29, 0.717) is 27.0 Å². The van der Waals surface area contributed by atoms with Gasteiger partial charge in [0.25, 0.3) is 11.5 Å². The zero-order valence-corrected chi connectivity index (χ0v) is 16.9. The maximum absolute atomic E-state index is 12.9. The molecule has 1 aliphatic carbocycles. The summed E-state index contributed by atoms with van der Waals surface area (Å²) in [5.74, 6) is -0.248. The smallest absolute Gasteiger partial charge is 0.286 e. The highest BCUT2D eigenvalue weighted by Gasteiger charge is 2.24. The zero-order valence-electron chi connectivity index (χ0n) is 16.1. The van der Waals surface area contributed by atoms with Crippen LogP contribution in [0.4, 0.5) is 5.69 Å². The van der Waals surface area contributed by atoms with Crippen LogP contribution in [0.2, 0.25) is 0 Å². The average molecular weight is 422 g/mol. The minimum absolute atomic E-state index is 0.175. The second-order valence-electron chi connectivity index (χ2n) is 7.55. The molecule has 4 aromatic rings. The molecule has 5 rings (SSSR count). The number of azo groups is 1. The van der Waals surface area contributed by atoms with Crippen LogP contribution in [0.1, 0.15) is 23.8 Å². The Balaban J connectivity index is 1.43. The van der Waals surface area contributed by atoms with Crippen molar-refractivity contribution in [3.05, 3.63) is 45.1 Å². The van der Waals surface area contributed by atoms with E-state index in [0.717, 1.165) is 29.5 Å². The molecule has 1 unspecified atom stereocenters. The number of carbonyl (C=O) groups is 1. The molecule has 0 saturated carbocycles. The predicted molar refractivity (Wildman–Crippen MR) is 112 cm³/mol. The van der Waals surface area contributed by atoms with E-state index >= 15 is 0 Å². The third kappa shape index (κ3) is 3.09. The number of aromatic hydroxyl groups is 1. The highest BCUT2D eigenvalue weighted by molar-refractivity contribution is 7.18. The fourth-order valence-corrected chi connectivity index (χ4v) is 5.19. The molecule has 10 heteroatoms. The lowest BCUT2D eigenvalue weighted by Gasteiger charge is -2.17. The molecule has 0 aliphatic heterocycles. The van der Waals surface area contributed by atoms with Crippen molar-refractivity contribution in [1.29, 1.82) is 0 Å². The van der Waals surface area contributed by atoms with E-state index < -0.39 is 5.91 Å². The zero-order chi connectivity index (χ0) is 20.8. The number of para-hydroxylation sites is 1. The van der Waals surface area contributed by atoms with Gasteiger partial charge in [0.2, 0.25) is 5.88 Å². The summed E-state index contributed by atoms with van der Waals surface area (Å²) in [4.78, 5) is 29.9. The quantitative estimate of drug-likeness (QED) is 0.489. The van der Waals surface area contributed by atoms with Crippen LogP contribution < -0.4 is 5.56 Å². The SMILES string of the molecule is CC1CCc2c(sc3nnn(CC(=O)N=Nc4c(O)[nH]c5ccccc45)c(=O)c23)C1. The van der Waals surface area contributed by atoms with Gasteiger partial charge in [-0.1, -0.05) is 30.3 Å². The van der Waals surface area contributed by atoms with Crippen LogP contribution in [0.3, 0.4) is 0 Å². The number of hydrogen-bond donors (Lipinski definition) is 2. The fourth-order valence-electron chi connectivity index (χ4n) is 3.87. The Kier molecular flexibility index (Phi) is 4.43. The first-order valence-electron chi connectivity index (χ1n) is 9.63. The van der Waals surface area contributed by atoms with Crippen molar-refractivity contribution >= 4 is 44.1 Å². The van der Waals surface area contributed by atoms with Crippen molar-refractivity contribution < 1.29 is 9.90 Å². The van der Waals surface area contributed by atoms with Gasteiger partial charge in [0.1, 0.15) is 6.54 Å². The summed E-state index contributed by atoms with van der Waals surface area (Å²) in [5.41, 5.74) is 1.57. The predicted octanol–water partition coefficient (Wildman–Crippen LogP) is 3.48. The lowest BCUT2D eigenvalue weighted by Crippen LogP contribution is -2.27. The Morgan fingerprint density at radius 3 is 3.10 bits per heavy atom. The fraction of sp³-hybridized carbons (Fsp3) is 0.300. The molecule has 152 valence electrons. The third-order valence-corrected chi connectivity index (χ3v) is 6.53. The normalized spacial score (nSPS) is 16.5. The molecule has 1 amide bonds. The Bertz CT molecular complexity index is 1380. The van der Waals surface area contributed by atoms with Gasteiger partial charge < -0.3 is 10.1 Å². The number of fused-ring (bicyclic) bond motifs is 4. The van der Waals surface area contributed by atoms with Crippen molar-refractivity contribution in [2.75, 3.05) is 0 Å². The first-order valence-corrected chi connectivity index (χ1v) is 10.4. The molecule has 9 nitrogen and oxygen atoms in total. The molecule has 0 spiro atoms. The van der Waals surface area contributed by atoms with Gasteiger partial charge in [-0.3, -0.25) is 9.59 Å². The number of nitrogens with zero attached hydrogens (tertiary/aromatic N) is 5. The van der Waals surface area contributed by atoms with Crippen LogP contribution in [-0.4, -0.2) is 31.0 Å². The molecule has 1 aliphatic rings. The van der Waals surface area contributed by atoms with Gasteiger partial charge in [-0.05, 0) is 36.8 Å². The Labute approximate surface area is 174 Å². The first-order chi connectivity index (χ1) is 14.5. The summed E-state index contributed by atoms with van der Waals surface area (Å²) in [7, 11) is 0. The van der Waals surface area contributed by atoms with Gasteiger partial charge in [-0.15, -0.1) is 26.7 Å². The minimum atomic E-state index is -0.659. The number of thiophene rings is 1. The number of aryl methyl sites for hydroxylation is 1. The van der Waals surface area contributed by atoms with Crippen molar-refractivity contribution in [3.63, 3.8) is 0 Å². The minimum Gasteiger partial charge on any atom is -0.493 e. The summed E-state index contributed by atoms with van der Waals surface area (Å²) in [5, 5.41) is 26.8. The maximum Gasteiger partial charge on any atom is 0.286 e. The van der Waals surface area contributed by atoms with Crippen LogP contribution in [0.5, 0.6) is 5.88 Å². The lowest BCUT2D eigenvalue weighted by atomic mass is 9.89. The van der Waals surface area contributed by atoms with E-state index in [1.807, 2.05) is 6.07 Å². The second kappa shape index (κ2) is 7.13. The maximum atomic E-state index is 12.9. The molecule has 2 N–H and O–H groups in total. The Hall–Kier alpha value is -3.40. The van der Waals surface area contributed by atoms with Gasteiger partial charge in [0, 0.05) is 10.3 Å². The molecule has 0 bridgehead atoms. The average Bonchev–Trinajstić information content (AvgIpc) is 3.25. The first kappa shape index (κ1) is 18.6. The largest absolute Gasteiger partial charge is 0.493 e. The summed E-state index contributed by atoms with van der Waals surface area (Å²) in [6.45, 7) is 1.84. The monoisotopic (exact) mass is 422 g/mol. The molecular weight excluding hydrogens is 404 g/mol. The number of nitrogens with one attached hydrogen (secondary N) is 1. The van der Waals surface area contributed by atoms with Crippen molar-refractivity contribution in [2.24, 2.45) is 16.1 Å². The van der Waals surface area contributed by atoms with Crippen LogP contribution >= 0.6 is 11.3 Å². The molecule has 1 aromatic carbocycles. The molecule has 30 heavy (non-hydrogen) atoms. The molecule has 0 fully saturated rings. The molecule has 3 heterocycles. The van der Waals surface area contributed by atoms with Crippen molar-refractivity contribution in [3.8, 4) is 5.88 Å². The van der Waals surface area contributed by atoms with E-state index in [1.54, 1.807) is 18.2 Å². The van der Waals surface area contributed by atoms with Crippen LogP contribution in [-0.2, 0) is 24.2 Å². The number of hydrogen-bond acceptors (Lipinski definition) is 7. The molecule has 0 radical (unpaired) electrons. The highest BCUT2D eigenvalue weighted by atomic mass is 32.1. The van der Waals surface area contributed by atoms with Crippen LogP contribution in [0.15, 0.2) is 39.3 Å². The lowest BCUT2D eigenvalue weighted by molar-refractivity contribution is -0.119. The standard InChI is InChI=1S/C20H18N6O3S/c1-10-6-7-12-14(8-10)30-19-16(12)20(29)26(25-24-19)9-15(27)22-23-17-11-4-2-3-5-13(11)21-18(17)28/h2-5,10,21,28H,6-9H2,1H3. The van der Waals surface area contributed by atoms with Crippen LogP contribution in [0, 0.1) is 5.92 Å². The van der Waals surface area contributed by atoms with Crippen molar-refractivity contribution in [2.45, 2.75) is 32.7 Å². The number of aromatic amines is 1. The summed E-state index contributed by atoms with van der Waals surface area (Å²) in [6, 6.07) is 7.15. The number of amides is 1. The topological polar surface area (TPSA) is 126 Å². The van der Waals surface area contributed by atoms with E-state index in [9.17, 15) is 14.7 Å². The van der Waals surface area contributed by atoms with Gasteiger partial charge in [-0.25, -0.2) is 4.68 Å². The van der Waals surface area contributed by atoms with E-state index in [2.05, 4.69) is 32.4 Å². The van der Waals surface area contributed by atoms with Gasteiger partial charge in [0.15, 0.2) is 10.5 Å². The number of rotatable bonds is 3.